The van der Waals surface area contributed by atoms with Crippen LogP contribution < -0.4 is 0 Å². The number of piperidine rings is 1. The molecule has 0 amide bonds. The van der Waals surface area contributed by atoms with Gasteiger partial charge in [-0.1, -0.05) is 31.2 Å². The van der Waals surface area contributed by atoms with Gasteiger partial charge < -0.3 is 10.0 Å². The maximum Gasteiger partial charge on any atom is 0.314 e. The van der Waals surface area contributed by atoms with Gasteiger partial charge in [0.1, 0.15) is 0 Å². The van der Waals surface area contributed by atoms with Crippen molar-refractivity contribution in [1.29, 1.82) is 0 Å². The first-order valence-corrected chi connectivity index (χ1v) is 7.12. The molecule has 0 atom stereocenters. The topological polar surface area (TPSA) is 40.5 Å². The molecule has 0 unspecified atom stereocenters. The lowest BCUT2D eigenvalue weighted by molar-refractivity contribution is -0.146. The van der Waals surface area contributed by atoms with Crippen LogP contribution in [-0.2, 0) is 10.2 Å². The summed E-state index contributed by atoms with van der Waals surface area (Å²) in [5.74, 6) is -0.669. The second kappa shape index (κ2) is 5.74. The zero-order valence-corrected chi connectivity index (χ0v) is 11.9. The number of aliphatic carboxylic acids is 1. The highest BCUT2D eigenvalue weighted by Crippen LogP contribution is 2.37. The van der Waals surface area contributed by atoms with Crippen molar-refractivity contribution in [2.75, 3.05) is 19.6 Å². The Kier molecular flexibility index (Phi) is 4.25. The maximum atomic E-state index is 11.9. The number of likely N-dealkylation sites (tertiary alicyclic amines) is 1. The van der Waals surface area contributed by atoms with Crippen LogP contribution in [-0.4, -0.2) is 35.6 Å². The standard InChI is InChI=1S/C16H23NO2/c1-3-10-17-11-8-16(9-12-17,15(18)19)14-7-5-4-6-13(14)2/h4-7H,3,8-12H2,1-2H3,(H,18,19). The molecule has 0 saturated carbocycles. The van der Waals surface area contributed by atoms with Crippen LogP contribution in [0.5, 0.6) is 0 Å². The van der Waals surface area contributed by atoms with Crippen molar-refractivity contribution >= 4 is 5.97 Å². The van der Waals surface area contributed by atoms with Gasteiger partial charge in [-0.05, 0) is 56.9 Å². The average Bonchev–Trinajstić information content (AvgIpc) is 2.41. The fourth-order valence-corrected chi connectivity index (χ4v) is 3.18. The molecule has 2 rings (SSSR count). The van der Waals surface area contributed by atoms with Gasteiger partial charge in [0.15, 0.2) is 0 Å². The van der Waals surface area contributed by atoms with Crippen LogP contribution >= 0.6 is 0 Å². The quantitative estimate of drug-likeness (QED) is 0.906. The summed E-state index contributed by atoms with van der Waals surface area (Å²) in [7, 11) is 0. The minimum Gasteiger partial charge on any atom is -0.481 e. The number of hydrogen-bond donors (Lipinski definition) is 1. The first-order chi connectivity index (χ1) is 9.10. The lowest BCUT2D eigenvalue weighted by Crippen LogP contribution is -2.47. The summed E-state index contributed by atoms with van der Waals surface area (Å²) in [5, 5.41) is 9.76. The zero-order valence-electron chi connectivity index (χ0n) is 11.9. The fraction of sp³-hybridized carbons (Fsp3) is 0.562. The summed E-state index contributed by atoms with van der Waals surface area (Å²) in [6.07, 6.45) is 2.56. The van der Waals surface area contributed by atoms with Crippen LogP contribution in [0.15, 0.2) is 24.3 Å². The molecule has 104 valence electrons. The van der Waals surface area contributed by atoms with E-state index in [0.717, 1.165) is 37.2 Å². The van der Waals surface area contributed by atoms with Crippen LogP contribution in [0.1, 0.15) is 37.3 Å². The second-order valence-corrected chi connectivity index (χ2v) is 5.54. The molecule has 1 N–H and O–H groups in total. The summed E-state index contributed by atoms with van der Waals surface area (Å²) in [4.78, 5) is 14.2. The van der Waals surface area contributed by atoms with Crippen LogP contribution in [0.3, 0.4) is 0 Å². The van der Waals surface area contributed by atoms with E-state index < -0.39 is 11.4 Å². The Morgan fingerprint density at radius 3 is 2.47 bits per heavy atom. The van der Waals surface area contributed by atoms with Gasteiger partial charge >= 0.3 is 5.97 Å². The van der Waals surface area contributed by atoms with Crippen LogP contribution in [0, 0.1) is 6.92 Å². The third kappa shape index (κ3) is 2.66. The van der Waals surface area contributed by atoms with Crippen molar-refractivity contribution in [1.82, 2.24) is 4.90 Å². The van der Waals surface area contributed by atoms with Crippen LogP contribution in [0.25, 0.3) is 0 Å². The fourth-order valence-electron chi connectivity index (χ4n) is 3.18. The first kappa shape index (κ1) is 14.1. The molecular formula is C16H23NO2. The smallest absolute Gasteiger partial charge is 0.314 e. The van der Waals surface area contributed by atoms with E-state index in [0.29, 0.717) is 12.8 Å². The van der Waals surface area contributed by atoms with E-state index in [1.54, 1.807) is 0 Å². The number of aryl methyl sites for hydroxylation is 1. The van der Waals surface area contributed by atoms with Crippen molar-refractivity contribution in [2.45, 2.75) is 38.5 Å². The summed E-state index contributed by atoms with van der Waals surface area (Å²) in [6.45, 7) is 7.02. The monoisotopic (exact) mass is 261 g/mol. The Labute approximate surface area is 115 Å². The first-order valence-electron chi connectivity index (χ1n) is 7.12. The minimum absolute atomic E-state index is 0.669. The number of nitrogens with zero attached hydrogens (tertiary/aromatic N) is 1. The molecule has 3 nitrogen and oxygen atoms in total. The van der Waals surface area contributed by atoms with E-state index in [2.05, 4.69) is 11.8 Å². The summed E-state index contributed by atoms with van der Waals surface area (Å²) < 4.78 is 0. The molecule has 1 heterocycles. The third-order valence-electron chi connectivity index (χ3n) is 4.32. The van der Waals surface area contributed by atoms with E-state index in [1.807, 2.05) is 31.2 Å². The summed E-state index contributed by atoms with van der Waals surface area (Å²) in [6, 6.07) is 7.92. The number of hydrogen-bond acceptors (Lipinski definition) is 2. The number of carbonyl (C=O) groups is 1. The number of carboxylic acids is 1. The molecule has 0 aliphatic carbocycles. The van der Waals surface area contributed by atoms with Crippen LogP contribution in [0.2, 0.25) is 0 Å². The highest BCUT2D eigenvalue weighted by molar-refractivity contribution is 5.82. The lowest BCUT2D eigenvalue weighted by atomic mass is 9.71. The Morgan fingerprint density at radius 1 is 1.32 bits per heavy atom. The molecule has 1 aliphatic rings. The molecule has 1 aliphatic heterocycles. The van der Waals surface area contributed by atoms with Gasteiger partial charge in [-0.25, -0.2) is 0 Å². The average molecular weight is 261 g/mol. The van der Waals surface area contributed by atoms with Gasteiger partial charge in [-0.15, -0.1) is 0 Å². The number of carboxylic acid groups (broad SMARTS) is 1. The van der Waals surface area contributed by atoms with Crippen molar-refractivity contribution in [2.24, 2.45) is 0 Å². The normalized spacial score (nSPS) is 19.3. The zero-order chi connectivity index (χ0) is 13.9. The van der Waals surface area contributed by atoms with Gasteiger partial charge in [0.25, 0.3) is 0 Å². The van der Waals surface area contributed by atoms with Crippen LogP contribution in [0.4, 0.5) is 0 Å². The molecule has 1 aromatic rings. The van der Waals surface area contributed by atoms with E-state index in [4.69, 9.17) is 0 Å². The Bertz CT molecular complexity index is 448. The molecular weight excluding hydrogens is 238 g/mol. The van der Waals surface area contributed by atoms with E-state index in [-0.39, 0.29) is 0 Å². The van der Waals surface area contributed by atoms with Crippen molar-refractivity contribution in [3.63, 3.8) is 0 Å². The van der Waals surface area contributed by atoms with Crippen molar-refractivity contribution in [3.8, 4) is 0 Å². The van der Waals surface area contributed by atoms with Crippen molar-refractivity contribution < 1.29 is 9.90 Å². The maximum absolute atomic E-state index is 11.9. The molecule has 0 aromatic heterocycles. The van der Waals surface area contributed by atoms with Gasteiger partial charge in [0.2, 0.25) is 0 Å². The largest absolute Gasteiger partial charge is 0.481 e. The van der Waals surface area contributed by atoms with Gasteiger partial charge in [0, 0.05) is 0 Å². The van der Waals surface area contributed by atoms with E-state index in [9.17, 15) is 9.90 Å². The van der Waals surface area contributed by atoms with E-state index >= 15 is 0 Å². The number of rotatable bonds is 4. The van der Waals surface area contributed by atoms with E-state index in [1.165, 1.54) is 0 Å². The molecule has 0 radical (unpaired) electrons. The Hall–Kier alpha value is -1.35. The third-order valence-corrected chi connectivity index (χ3v) is 4.32. The predicted octanol–water partition coefficient (Wildman–Crippen LogP) is 2.82. The van der Waals surface area contributed by atoms with Gasteiger partial charge in [0.05, 0.1) is 5.41 Å². The van der Waals surface area contributed by atoms with Gasteiger partial charge in [-0.3, -0.25) is 4.79 Å². The number of benzene rings is 1. The molecule has 19 heavy (non-hydrogen) atoms. The summed E-state index contributed by atoms with van der Waals surface area (Å²) >= 11 is 0. The second-order valence-electron chi connectivity index (χ2n) is 5.54. The minimum atomic E-state index is -0.685. The highest BCUT2D eigenvalue weighted by atomic mass is 16.4. The molecule has 0 spiro atoms. The molecule has 3 heteroatoms. The SMILES string of the molecule is CCCN1CCC(C(=O)O)(c2ccccc2C)CC1. The highest BCUT2D eigenvalue weighted by Gasteiger charge is 2.43. The molecule has 1 aromatic carbocycles. The summed E-state index contributed by atoms with van der Waals surface area (Å²) in [5.41, 5.74) is 1.41. The predicted molar refractivity (Wildman–Crippen MR) is 76.5 cm³/mol. The molecule has 1 saturated heterocycles. The van der Waals surface area contributed by atoms with Crippen molar-refractivity contribution in [3.05, 3.63) is 35.4 Å². The molecule has 1 fully saturated rings. The Morgan fingerprint density at radius 2 is 1.95 bits per heavy atom. The Balaban J connectivity index is 2.27. The lowest BCUT2D eigenvalue weighted by Gasteiger charge is -2.39. The van der Waals surface area contributed by atoms with Gasteiger partial charge in [-0.2, -0.15) is 0 Å². The molecule has 0 bridgehead atoms.